The van der Waals surface area contributed by atoms with Crippen molar-refractivity contribution >= 4 is 40.2 Å². The van der Waals surface area contributed by atoms with Gasteiger partial charge >= 0.3 is 0 Å². The Kier molecular flexibility index (Phi) is 3.63. The number of fused-ring (bicyclic) bond motifs is 1. The Labute approximate surface area is 144 Å². The van der Waals surface area contributed by atoms with Gasteiger partial charge in [0.25, 0.3) is 0 Å². The van der Waals surface area contributed by atoms with Crippen molar-refractivity contribution in [2.24, 2.45) is 0 Å². The molecule has 0 atom stereocenters. The van der Waals surface area contributed by atoms with Gasteiger partial charge in [0.2, 0.25) is 0 Å². The topological polar surface area (TPSA) is 57.9 Å². The largest absolute Gasteiger partial charge is 0.369 e. The number of hydrogen-bond acceptors (Lipinski definition) is 4. The first-order chi connectivity index (χ1) is 11.7. The molecule has 0 aliphatic carbocycles. The van der Waals surface area contributed by atoms with Gasteiger partial charge in [0.1, 0.15) is 5.52 Å². The molecule has 0 unspecified atom stereocenters. The van der Waals surface area contributed by atoms with E-state index in [2.05, 4.69) is 39.1 Å². The fourth-order valence-corrected chi connectivity index (χ4v) is 3.40. The van der Waals surface area contributed by atoms with Gasteiger partial charge < -0.3 is 10.7 Å². The zero-order valence-electron chi connectivity index (χ0n) is 12.9. The van der Waals surface area contributed by atoms with Crippen molar-refractivity contribution in [3.05, 3.63) is 83.9 Å². The molecule has 1 aromatic heterocycles. The van der Waals surface area contributed by atoms with Gasteiger partial charge in [-0.3, -0.25) is 4.31 Å². The van der Waals surface area contributed by atoms with E-state index in [-0.39, 0.29) is 0 Å². The molecule has 0 saturated carbocycles. The highest BCUT2D eigenvalue weighted by Crippen LogP contribution is 2.36. The number of anilines is 2. The molecule has 0 saturated heterocycles. The number of nitrogens with one attached hydrogen (secondary N) is 1. The fourth-order valence-electron chi connectivity index (χ4n) is 2.71. The summed E-state index contributed by atoms with van der Waals surface area (Å²) in [7, 11) is 0. The summed E-state index contributed by atoms with van der Waals surface area (Å²) in [5.41, 5.74) is 11.7. The second-order valence-corrected chi connectivity index (χ2v) is 6.34. The van der Waals surface area contributed by atoms with E-state index in [4.69, 9.17) is 5.73 Å². The fraction of sp³-hybridized carbons (Fsp3) is 0. The lowest BCUT2D eigenvalue weighted by molar-refractivity contribution is 1.35. The lowest BCUT2D eigenvalue weighted by Crippen LogP contribution is -2.06. The summed E-state index contributed by atoms with van der Waals surface area (Å²) >= 11 is 1.60. The summed E-state index contributed by atoms with van der Waals surface area (Å²) in [6.45, 7) is 4.27. The zero-order valence-corrected chi connectivity index (χ0v) is 13.8. The number of rotatable bonds is 3. The molecule has 0 bridgehead atoms. The van der Waals surface area contributed by atoms with Crippen LogP contribution in [0, 0.1) is 0 Å². The number of allylic oxidation sites excluding steroid dienone is 2. The van der Waals surface area contributed by atoms with E-state index in [1.54, 1.807) is 11.9 Å². The second-order valence-electron chi connectivity index (χ2n) is 5.46. The lowest BCUT2D eigenvalue weighted by Gasteiger charge is -2.20. The Morgan fingerprint density at radius 1 is 1.12 bits per heavy atom. The van der Waals surface area contributed by atoms with Crippen molar-refractivity contribution in [1.29, 1.82) is 0 Å². The van der Waals surface area contributed by atoms with Crippen LogP contribution in [0.4, 0.5) is 11.6 Å². The second kappa shape index (κ2) is 5.94. The number of nitrogens with zero attached hydrogens (tertiary/aromatic N) is 2. The van der Waals surface area contributed by atoms with Crippen molar-refractivity contribution in [1.82, 2.24) is 9.97 Å². The van der Waals surface area contributed by atoms with Crippen LogP contribution in [0.2, 0.25) is 0 Å². The Morgan fingerprint density at radius 2 is 1.96 bits per heavy atom. The summed E-state index contributed by atoms with van der Waals surface area (Å²) in [6, 6.07) is 14.3. The molecular weight excluding hydrogens is 316 g/mol. The van der Waals surface area contributed by atoms with Gasteiger partial charge in [-0.25, -0.2) is 4.98 Å². The molecule has 1 aliphatic heterocycles. The summed E-state index contributed by atoms with van der Waals surface area (Å²) in [6.07, 6.45) is 6.01. The average Bonchev–Trinajstić information content (AvgIpc) is 3.02. The standard InChI is InChI=1S/C19H16N4S/c1-13(14-7-3-2-4-8-14)15-11-16-18(22-19(20)21-16)17(12-15)23-9-5-6-10-24-23/h2-12H,1H2,(H3,20,21,22). The summed E-state index contributed by atoms with van der Waals surface area (Å²) in [5.74, 6) is 0.412. The number of aromatic nitrogens is 2. The van der Waals surface area contributed by atoms with Crippen LogP contribution in [-0.2, 0) is 0 Å². The normalized spacial score (nSPS) is 13.6. The third-order valence-corrected chi connectivity index (χ3v) is 4.70. The highest BCUT2D eigenvalue weighted by molar-refractivity contribution is 8.03. The molecule has 118 valence electrons. The number of H-pyrrole nitrogens is 1. The van der Waals surface area contributed by atoms with Crippen molar-refractivity contribution < 1.29 is 0 Å². The molecule has 4 rings (SSSR count). The molecule has 3 aromatic rings. The zero-order chi connectivity index (χ0) is 16.5. The minimum atomic E-state index is 0.412. The van der Waals surface area contributed by atoms with E-state index in [1.165, 1.54) is 0 Å². The number of imidazole rings is 1. The van der Waals surface area contributed by atoms with E-state index in [0.29, 0.717) is 5.95 Å². The third kappa shape index (κ3) is 2.59. The van der Waals surface area contributed by atoms with E-state index in [9.17, 15) is 0 Å². The van der Waals surface area contributed by atoms with Crippen LogP contribution in [0.3, 0.4) is 0 Å². The monoisotopic (exact) mass is 332 g/mol. The smallest absolute Gasteiger partial charge is 0.198 e. The molecule has 3 N–H and O–H groups in total. The van der Waals surface area contributed by atoms with E-state index in [1.807, 2.05) is 48.0 Å². The number of nitrogens with two attached hydrogens (primary N) is 1. The summed E-state index contributed by atoms with van der Waals surface area (Å²) in [4.78, 5) is 7.57. The maximum Gasteiger partial charge on any atom is 0.198 e. The minimum absolute atomic E-state index is 0.412. The number of nitrogen functional groups attached to an aromatic ring is 1. The third-order valence-electron chi connectivity index (χ3n) is 3.88. The van der Waals surface area contributed by atoms with Gasteiger partial charge in [-0.05, 0) is 52.3 Å². The molecule has 2 aromatic carbocycles. The van der Waals surface area contributed by atoms with Crippen molar-refractivity contribution in [2.45, 2.75) is 0 Å². The molecule has 0 amide bonds. The minimum Gasteiger partial charge on any atom is -0.369 e. The van der Waals surface area contributed by atoms with E-state index in [0.717, 1.165) is 33.4 Å². The van der Waals surface area contributed by atoms with Crippen LogP contribution < -0.4 is 10.0 Å². The number of benzene rings is 2. The summed E-state index contributed by atoms with van der Waals surface area (Å²) in [5, 5.41) is 2.03. The van der Waals surface area contributed by atoms with Crippen molar-refractivity contribution in [3.63, 3.8) is 0 Å². The first-order valence-electron chi connectivity index (χ1n) is 7.55. The van der Waals surface area contributed by atoms with Crippen molar-refractivity contribution in [2.75, 3.05) is 10.0 Å². The number of aromatic amines is 1. The van der Waals surface area contributed by atoms with Crippen LogP contribution in [0.15, 0.2) is 72.8 Å². The van der Waals surface area contributed by atoms with Gasteiger partial charge in [0.05, 0.1) is 11.2 Å². The molecular formula is C19H16N4S. The summed E-state index contributed by atoms with van der Waals surface area (Å²) < 4.78 is 2.07. The Morgan fingerprint density at radius 3 is 2.71 bits per heavy atom. The average molecular weight is 332 g/mol. The predicted octanol–water partition coefficient (Wildman–Crippen LogP) is 4.70. The maximum absolute atomic E-state index is 5.88. The van der Waals surface area contributed by atoms with Gasteiger partial charge in [-0.2, -0.15) is 0 Å². The molecule has 0 fully saturated rings. The molecule has 0 radical (unpaired) electrons. The van der Waals surface area contributed by atoms with Crippen LogP contribution in [0.25, 0.3) is 16.6 Å². The Bertz CT molecular complexity index is 970. The van der Waals surface area contributed by atoms with Gasteiger partial charge in [-0.15, -0.1) is 0 Å². The molecule has 2 heterocycles. The highest BCUT2D eigenvalue weighted by Gasteiger charge is 2.16. The quantitative estimate of drug-likeness (QED) is 0.682. The van der Waals surface area contributed by atoms with Crippen LogP contribution in [0.1, 0.15) is 11.1 Å². The van der Waals surface area contributed by atoms with Gasteiger partial charge in [-0.1, -0.05) is 43.0 Å². The Balaban J connectivity index is 1.86. The Hall–Kier alpha value is -2.92. The molecule has 4 nitrogen and oxygen atoms in total. The predicted molar refractivity (Wildman–Crippen MR) is 103 cm³/mol. The molecule has 24 heavy (non-hydrogen) atoms. The van der Waals surface area contributed by atoms with Gasteiger partial charge in [0.15, 0.2) is 5.95 Å². The lowest BCUT2D eigenvalue weighted by atomic mass is 9.98. The molecule has 1 aliphatic rings. The molecule has 0 spiro atoms. The first kappa shape index (κ1) is 14.7. The highest BCUT2D eigenvalue weighted by atomic mass is 32.2. The van der Waals surface area contributed by atoms with E-state index < -0.39 is 0 Å². The molecule has 5 heteroatoms. The van der Waals surface area contributed by atoms with Crippen LogP contribution in [0.5, 0.6) is 0 Å². The maximum atomic E-state index is 5.88. The van der Waals surface area contributed by atoms with E-state index >= 15 is 0 Å². The van der Waals surface area contributed by atoms with Crippen LogP contribution in [-0.4, -0.2) is 9.97 Å². The van der Waals surface area contributed by atoms with Crippen molar-refractivity contribution in [3.8, 4) is 0 Å². The first-order valence-corrected chi connectivity index (χ1v) is 8.39. The van der Waals surface area contributed by atoms with Gasteiger partial charge in [0, 0.05) is 6.20 Å². The number of hydrogen-bond donors (Lipinski definition) is 2. The van der Waals surface area contributed by atoms with Crippen LogP contribution >= 0.6 is 11.9 Å². The SMILES string of the molecule is C=C(c1ccccc1)c1cc(N2C=CC=CS2)c2nc(N)[nH]c2c1.